The third kappa shape index (κ3) is 3.43. The quantitative estimate of drug-likeness (QED) is 0.873. The third-order valence-electron chi connectivity index (χ3n) is 4.76. The van der Waals surface area contributed by atoms with Gasteiger partial charge >= 0.3 is 5.97 Å². The first kappa shape index (κ1) is 15.7. The van der Waals surface area contributed by atoms with Gasteiger partial charge in [-0.3, -0.25) is 14.4 Å². The molecule has 0 saturated carbocycles. The van der Waals surface area contributed by atoms with E-state index < -0.39 is 5.97 Å². The maximum Gasteiger partial charge on any atom is 0.306 e. The molecule has 1 amide bonds. The molecule has 1 aliphatic heterocycles. The van der Waals surface area contributed by atoms with E-state index in [1.54, 1.807) is 11.0 Å². The molecule has 0 radical (unpaired) electrons. The van der Waals surface area contributed by atoms with Crippen molar-refractivity contribution >= 4 is 11.9 Å². The number of carboxylic acid groups (broad SMARTS) is 1. The molecular weight excluding hydrogens is 298 g/mol. The number of piperidine rings is 1. The average Bonchev–Trinajstić information content (AvgIpc) is 2.55. The number of nitrogens with zero attached hydrogens (tertiary/aromatic N) is 3. The predicted octanol–water partition coefficient (Wildman–Crippen LogP) is 0.445. The minimum atomic E-state index is -0.801. The molecule has 1 aromatic heterocycles. The summed E-state index contributed by atoms with van der Waals surface area (Å²) in [7, 11) is 0. The molecule has 2 aliphatic rings. The van der Waals surface area contributed by atoms with Crippen molar-refractivity contribution in [2.75, 3.05) is 13.1 Å². The van der Waals surface area contributed by atoms with Gasteiger partial charge in [0.2, 0.25) is 5.91 Å². The molecule has 1 fully saturated rings. The molecule has 1 N–H and O–H groups in total. The van der Waals surface area contributed by atoms with Crippen LogP contribution in [0.4, 0.5) is 0 Å². The van der Waals surface area contributed by atoms with Gasteiger partial charge in [0, 0.05) is 19.2 Å². The molecular formula is C16H21N3O4. The van der Waals surface area contributed by atoms with Crippen LogP contribution in [0.25, 0.3) is 0 Å². The van der Waals surface area contributed by atoms with Crippen LogP contribution >= 0.6 is 0 Å². The minimum Gasteiger partial charge on any atom is -0.481 e. The van der Waals surface area contributed by atoms with E-state index in [1.165, 1.54) is 4.68 Å². The number of hydrogen-bond acceptors (Lipinski definition) is 4. The summed E-state index contributed by atoms with van der Waals surface area (Å²) in [6.07, 6.45) is 4.81. The zero-order chi connectivity index (χ0) is 16.4. The number of aliphatic carboxylic acids is 1. The number of likely N-dealkylation sites (tertiary alicyclic amines) is 1. The maximum atomic E-state index is 12.3. The van der Waals surface area contributed by atoms with Gasteiger partial charge in [-0.15, -0.1) is 0 Å². The van der Waals surface area contributed by atoms with Gasteiger partial charge in [-0.1, -0.05) is 0 Å². The summed E-state index contributed by atoms with van der Waals surface area (Å²) in [5.41, 5.74) is 1.69. The van der Waals surface area contributed by atoms with Crippen molar-refractivity contribution in [3.63, 3.8) is 0 Å². The van der Waals surface area contributed by atoms with Crippen LogP contribution in [-0.2, 0) is 29.0 Å². The van der Waals surface area contributed by atoms with E-state index >= 15 is 0 Å². The Morgan fingerprint density at radius 3 is 2.61 bits per heavy atom. The van der Waals surface area contributed by atoms with Gasteiger partial charge < -0.3 is 10.0 Å². The second kappa shape index (κ2) is 6.52. The molecule has 1 aliphatic carbocycles. The van der Waals surface area contributed by atoms with Crippen LogP contribution in [0.1, 0.15) is 36.9 Å². The van der Waals surface area contributed by atoms with E-state index in [0.717, 1.165) is 36.9 Å². The van der Waals surface area contributed by atoms with Gasteiger partial charge in [-0.25, -0.2) is 4.68 Å². The normalized spacial score (nSPS) is 18.5. The highest BCUT2D eigenvalue weighted by Crippen LogP contribution is 2.18. The zero-order valence-corrected chi connectivity index (χ0v) is 13.0. The molecule has 1 saturated heterocycles. The van der Waals surface area contributed by atoms with Crippen molar-refractivity contribution in [3.05, 3.63) is 27.7 Å². The Morgan fingerprint density at radius 1 is 1.22 bits per heavy atom. The number of aromatic nitrogens is 2. The Kier molecular flexibility index (Phi) is 4.45. The first-order chi connectivity index (χ1) is 11.0. The number of aryl methyl sites for hydroxylation is 2. The molecule has 1 aromatic rings. The molecule has 0 atom stereocenters. The summed E-state index contributed by atoms with van der Waals surface area (Å²) >= 11 is 0. The van der Waals surface area contributed by atoms with Crippen LogP contribution in [0, 0.1) is 5.92 Å². The van der Waals surface area contributed by atoms with E-state index in [1.807, 2.05) is 0 Å². The number of carbonyl (C=O) groups is 2. The van der Waals surface area contributed by atoms with Crippen molar-refractivity contribution in [2.45, 2.75) is 45.1 Å². The molecule has 7 heteroatoms. The molecule has 2 heterocycles. The summed E-state index contributed by atoms with van der Waals surface area (Å²) in [5.74, 6) is -1.34. The Hall–Kier alpha value is -2.18. The molecule has 124 valence electrons. The molecule has 3 rings (SSSR count). The van der Waals surface area contributed by atoms with Crippen molar-refractivity contribution in [1.82, 2.24) is 14.7 Å². The Bertz CT molecular complexity index is 674. The highest BCUT2D eigenvalue weighted by atomic mass is 16.4. The van der Waals surface area contributed by atoms with E-state index in [-0.39, 0.29) is 23.9 Å². The van der Waals surface area contributed by atoms with E-state index in [4.69, 9.17) is 5.11 Å². The molecule has 0 spiro atoms. The fourth-order valence-corrected chi connectivity index (χ4v) is 3.32. The number of fused-ring (bicyclic) bond motifs is 1. The fourth-order valence-electron chi connectivity index (χ4n) is 3.32. The summed E-state index contributed by atoms with van der Waals surface area (Å²) in [6.45, 7) is 0.787. The lowest BCUT2D eigenvalue weighted by Gasteiger charge is -2.30. The molecule has 23 heavy (non-hydrogen) atoms. The number of amides is 1. The van der Waals surface area contributed by atoms with Crippen LogP contribution in [0.2, 0.25) is 0 Å². The largest absolute Gasteiger partial charge is 0.481 e. The van der Waals surface area contributed by atoms with Gasteiger partial charge in [-0.2, -0.15) is 5.10 Å². The standard InChI is InChI=1S/C16H21N3O4/c20-14-9-12-3-1-2-4-13(12)17-19(14)10-15(21)18-7-5-11(6-8-18)16(22)23/h9,11H,1-8,10H2,(H,22,23). The van der Waals surface area contributed by atoms with E-state index in [0.29, 0.717) is 25.9 Å². The lowest BCUT2D eigenvalue weighted by molar-refractivity contribution is -0.145. The van der Waals surface area contributed by atoms with Crippen molar-refractivity contribution in [1.29, 1.82) is 0 Å². The van der Waals surface area contributed by atoms with Crippen LogP contribution in [0.5, 0.6) is 0 Å². The third-order valence-corrected chi connectivity index (χ3v) is 4.76. The molecule has 0 aromatic carbocycles. The topological polar surface area (TPSA) is 92.5 Å². The molecule has 0 unspecified atom stereocenters. The first-order valence-electron chi connectivity index (χ1n) is 8.15. The smallest absolute Gasteiger partial charge is 0.306 e. The lowest BCUT2D eigenvalue weighted by Crippen LogP contribution is -2.43. The Morgan fingerprint density at radius 2 is 1.91 bits per heavy atom. The SMILES string of the molecule is O=C(O)C1CCN(C(=O)Cn2nc3c(cc2=O)CCCC3)CC1. The predicted molar refractivity (Wildman–Crippen MR) is 82.1 cm³/mol. The van der Waals surface area contributed by atoms with Gasteiger partial charge in [0.25, 0.3) is 5.56 Å². The minimum absolute atomic E-state index is 0.0656. The molecule has 7 nitrogen and oxygen atoms in total. The van der Waals surface area contributed by atoms with Crippen LogP contribution in [0.3, 0.4) is 0 Å². The van der Waals surface area contributed by atoms with E-state index in [2.05, 4.69) is 5.10 Å². The van der Waals surface area contributed by atoms with Crippen molar-refractivity contribution < 1.29 is 14.7 Å². The highest BCUT2D eigenvalue weighted by molar-refractivity contribution is 5.76. The van der Waals surface area contributed by atoms with Crippen LogP contribution < -0.4 is 5.56 Å². The van der Waals surface area contributed by atoms with Gasteiger partial charge in [0.1, 0.15) is 6.54 Å². The fraction of sp³-hybridized carbons (Fsp3) is 0.625. The van der Waals surface area contributed by atoms with Crippen LogP contribution in [-0.4, -0.2) is 44.8 Å². The lowest BCUT2D eigenvalue weighted by atomic mass is 9.97. The summed E-state index contributed by atoms with van der Waals surface area (Å²) in [6, 6.07) is 1.60. The number of carbonyl (C=O) groups excluding carboxylic acids is 1. The van der Waals surface area contributed by atoms with Crippen molar-refractivity contribution in [3.8, 4) is 0 Å². The Labute approximate surface area is 133 Å². The van der Waals surface area contributed by atoms with Gasteiger partial charge in [-0.05, 0) is 44.1 Å². The summed E-state index contributed by atoms with van der Waals surface area (Å²) in [5, 5.41) is 13.3. The summed E-state index contributed by atoms with van der Waals surface area (Å²) in [4.78, 5) is 37.0. The highest BCUT2D eigenvalue weighted by Gasteiger charge is 2.27. The first-order valence-corrected chi connectivity index (χ1v) is 8.15. The average molecular weight is 319 g/mol. The van der Waals surface area contributed by atoms with Gasteiger partial charge in [0.05, 0.1) is 11.6 Å². The number of rotatable bonds is 3. The van der Waals surface area contributed by atoms with Gasteiger partial charge in [0.15, 0.2) is 0 Å². The monoisotopic (exact) mass is 319 g/mol. The molecule has 0 bridgehead atoms. The zero-order valence-electron chi connectivity index (χ0n) is 13.0. The summed E-state index contributed by atoms with van der Waals surface area (Å²) < 4.78 is 1.25. The Balaban J connectivity index is 1.67. The van der Waals surface area contributed by atoms with E-state index in [9.17, 15) is 14.4 Å². The maximum absolute atomic E-state index is 12.3. The second-order valence-corrected chi connectivity index (χ2v) is 6.31. The second-order valence-electron chi connectivity index (χ2n) is 6.31. The number of hydrogen-bond donors (Lipinski definition) is 1. The van der Waals surface area contributed by atoms with Crippen molar-refractivity contribution in [2.24, 2.45) is 5.92 Å². The van der Waals surface area contributed by atoms with Crippen LogP contribution in [0.15, 0.2) is 10.9 Å². The number of carboxylic acids is 1.